The van der Waals surface area contributed by atoms with Gasteiger partial charge in [-0.3, -0.25) is 4.79 Å². The van der Waals surface area contributed by atoms with Gasteiger partial charge in [0.05, 0.1) is 13.2 Å². The first-order valence-corrected chi connectivity index (χ1v) is 8.51. The average molecular weight is 400 g/mol. The maximum atomic E-state index is 13.7. The van der Waals surface area contributed by atoms with Gasteiger partial charge in [0.15, 0.2) is 6.61 Å². The van der Waals surface area contributed by atoms with Gasteiger partial charge in [-0.1, -0.05) is 18.2 Å². The second-order valence-electron chi connectivity index (χ2n) is 5.97. The van der Waals surface area contributed by atoms with Gasteiger partial charge in [0.25, 0.3) is 5.91 Å². The number of esters is 1. The van der Waals surface area contributed by atoms with Crippen molar-refractivity contribution in [3.63, 3.8) is 0 Å². The summed E-state index contributed by atoms with van der Waals surface area (Å²) in [6.45, 7) is 0.841. The molecule has 0 aliphatic carbocycles. The van der Waals surface area contributed by atoms with Crippen molar-refractivity contribution in [2.45, 2.75) is 13.0 Å². The van der Waals surface area contributed by atoms with E-state index in [-0.39, 0.29) is 11.1 Å². The average Bonchev–Trinajstić information content (AvgIpc) is 2.70. The van der Waals surface area contributed by atoms with Crippen molar-refractivity contribution in [2.75, 3.05) is 13.7 Å². The number of amides is 1. The first-order valence-electron chi connectivity index (χ1n) is 8.51. The van der Waals surface area contributed by atoms with E-state index in [0.717, 1.165) is 6.07 Å². The van der Waals surface area contributed by atoms with E-state index in [0.29, 0.717) is 17.4 Å². The molecule has 0 aliphatic rings. The van der Waals surface area contributed by atoms with E-state index in [9.17, 15) is 18.4 Å². The van der Waals surface area contributed by atoms with Crippen molar-refractivity contribution in [3.8, 4) is 11.8 Å². The summed E-state index contributed by atoms with van der Waals surface area (Å²) < 4.78 is 36.6. The Hall–Kier alpha value is -3.73. The van der Waals surface area contributed by atoms with Crippen LogP contribution in [0.5, 0.6) is 5.75 Å². The number of rotatable bonds is 7. The Balaban J connectivity index is 1.94. The number of hydrogen-bond acceptors (Lipinski definition) is 5. The fourth-order valence-electron chi connectivity index (χ4n) is 2.43. The van der Waals surface area contributed by atoms with Crippen LogP contribution in [-0.4, -0.2) is 25.6 Å². The lowest BCUT2D eigenvalue weighted by atomic mass is 10.1. The van der Waals surface area contributed by atoms with E-state index in [1.807, 2.05) is 0 Å². The van der Waals surface area contributed by atoms with Gasteiger partial charge in [-0.25, -0.2) is 13.6 Å². The number of methoxy groups -OCH3 is 1. The molecule has 8 heteroatoms. The van der Waals surface area contributed by atoms with Crippen molar-refractivity contribution in [1.82, 2.24) is 5.32 Å². The standard InChI is InChI=1S/C21H18F2N2O4/c1-13(18-8-5-16(22)10-19(18)23)25-20(26)12-29-21(27)15(11-24)9-14-3-6-17(28-2)7-4-14/h3-10,13H,12H2,1-2H3,(H,25,26)/b15-9+/t13-/m0/s1. The predicted octanol–water partition coefficient (Wildman–Crippen LogP) is 3.30. The van der Waals surface area contributed by atoms with Crippen molar-refractivity contribution in [2.24, 2.45) is 0 Å². The van der Waals surface area contributed by atoms with Crippen LogP contribution in [0.3, 0.4) is 0 Å². The lowest BCUT2D eigenvalue weighted by Crippen LogP contribution is -2.31. The van der Waals surface area contributed by atoms with Crippen LogP contribution in [0.15, 0.2) is 48.0 Å². The zero-order valence-corrected chi connectivity index (χ0v) is 15.7. The summed E-state index contributed by atoms with van der Waals surface area (Å²) in [5, 5.41) is 11.6. The van der Waals surface area contributed by atoms with E-state index >= 15 is 0 Å². The van der Waals surface area contributed by atoms with E-state index in [2.05, 4.69) is 5.32 Å². The van der Waals surface area contributed by atoms with Crippen molar-refractivity contribution >= 4 is 18.0 Å². The van der Waals surface area contributed by atoms with Crippen molar-refractivity contribution in [3.05, 3.63) is 70.8 Å². The van der Waals surface area contributed by atoms with Gasteiger partial charge in [-0.2, -0.15) is 5.26 Å². The number of carbonyl (C=O) groups is 2. The summed E-state index contributed by atoms with van der Waals surface area (Å²) >= 11 is 0. The molecule has 150 valence electrons. The molecule has 0 saturated heterocycles. The van der Waals surface area contributed by atoms with E-state index in [4.69, 9.17) is 14.7 Å². The highest BCUT2D eigenvalue weighted by atomic mass is 19.1. The summed E-state index contributed by atoms with van der Waals surface area (Å²) in [7, 11) is 1.51. The molecule has 0 aromatic heterocycles. The monoisotopic (exact) mass is 400 g/mol. The lowest BCUT2D eigenvalue weighted by Gasteiger charge is -2.15. The molecule has 2 aromatic rings. The Morgan fingerprint density at radius 1 is 1.21 bits per heavy atom. The molecule has 6 nitrogen and oxygen atoms in total. The van der Waals surface area contributed by atoms with Crippen LogP contribution in [-0.2, 0) is 14.3 Å². The van der Waals surface area contributed by atoms with E-state index < -0.39 is 36.2 Å². The second kappa shape index (κ2) is 9.99. The molecule has 29 heavy (non-hydrogen) atoms. The molecule has 1 atom stereocenters. The van der Waals surface area contributed by atoms with Gasteiger partial charge >= 0.3 is 5.97 Å². The quantitative estimate of drug-likeness (QED) is 0.438. The van der Waals surface area contributed by atoms with E-state index in [1.165, 1.54) is 26.2 Å². The molecule has 2 rings (SSSR count). The Morgan fingerprint density at radius 3 is 2.48 bits per heavy atom. The summed E-state index contributed by atoms with van der Waals surface area (Å²) in [5.41, 5.74) is 0.368. The fraction of sp³-hybridized carbons (Fsp3) is 0.190. The zero-order valence-electron chi connectivity index (χ0n) is 15.7. The molecule has 0 fully saturated rings. The SMILES string of the molecule is COc1ccc(/C=C(\C#N)C(=O)OCC(=O)N[C@@H](C)c2ccc(F)cc2F)cc1. The van der Waals surface area contributed by atoms with Crippen LogP contribution in [0.1, 0.15) is 24.1 Å². The molecular weight excluding hydrogens is 382 g/mol. The third-order valence-corrected chi connectivity index (χ3v) is 3.91. The molecule has 0 unspecified atom stereocenters. The highest BCUT2D eigenvalue weighted by Gasteiger charge is 2.17. The number of nitriles is 1. The third-order valence-electron chi connectivity index (χ3n) is 3.91. The normalized spacial score (nSPS) is 11.9. The van der Waals surface area contributed by atoms with Crippen LogP contribution in [0, 0.1) is 23.0 Å². The minimum atomic E-state index is -0.973. The van der Waals surface area contributed by atoms with Crippen molar-refractivity contribution < 1.29 is 27.8 Å². The number of benzene rings is 2. The molecule has 0 bridgehead atoms. The Bertz CT molecular complexity index is 966. The minimum Gasteiger partial charge on any atom is -0.497 e. The molecule has 0 radical (unpaired) electrons. The van der Waals surface area contributed by atoms with Gasteiger partial charge in [-0.05, 0) is 36.8 Å². The van der Waals surface area contributed by atoms with Gasteiger partial charge in [-0.15, -0.1) is 0 Å². The fourth-order valence-corrected chi connectivity index (χ4v) is 2.43. The number of nitrogens with one attached hydrogen (secondary N) is 1. The molecule has 1 amide bonds. The van der Waals surface area contributed by atoms with Crippen LogP contribution in [0.25, 0.3) is 6.08 Å². The molecule has 0 aliphatic heterocycles. The Kier molecular flexibility index (Phi) is 7.43. The van der Waals surface area contributed by atoms with Crippen LogP contribution in [0.4, 0.5) is 8.78 Å². The molecule has 1 N–H and O–H groups in total. The summed E-state index contributed by atoms with van der Waals surface area (Å²) in [6.07, 6.45) is 1.32. The number of ether oxygens (including phenoxy) is 2. The maximum Gasteiger partial charge on any atom is 0.349 e. The number of halogens is 2. The first kappa shape index (κ1) is 21.6. The van der Waals surface area contributed by atoms with Crippen molar-refractivity contribution in [1.29, 1.82) is 5.26 Å². The van der Waals surface area contributed by atoms with Gasteiger partial charge in [0, 0.05) is 11.6 Å². The molecule has 0 spiro atoms. The van der Waals surface area contributed by atoms with Crippen LogP contribution >= 0.6 is 0 Å². The predicted molar refractivity (Wildman–Crippen MR) is 100 cm³/mol. The topological polar surface area (TPSA) is 88.4 Å². The lowest BCUT2D eigenvalue weighted by molar-refractivity contribution is -0.144. The highest BCUT2D eigenvalue weighted by Crippen LogP contribution is 2.18. The summed E-state index contributed by atoms with van der Waals surface area (Å²) in [6, 6.07) is 10.6. The smallest absolute Gasteiger partial charge is 0.349 e. The van der Waals surface area contributed by atoms with Gasteiger partial charge in [0.2, 0.25) is 0 Å². The minimum absolute atomic E-state index is 0.0863. The molecule has 0 saturated carbocycles. The first-order chi connectivity index (χ1) is 13.8. The van der Waals surface area contributed by atoms with Gasteiger partial charge < -0.3 is 14.8 Å². The van der Waals surface area contributed by atoms with E-state index in [1.54, 1.807) is 30.3 Å². The van der Waals surface area contributed by atoms with Gasteiger partial charge in [0.1, 0.15) is 29.0 Å². The Labute approximate surface area is 166 Å². The number of carbonyl (C=O) groups excluding carboxylic acids is 2. The zero-order chi connectivity index (χ0) is 21.4. The molecule has 0 heterocycles. The number of nitrogens with zero attached hydrogens (tertiary/aromatic N) is 1. The number of hydrogen-bond donors (Lipinski definition) is 1. The summed E-state index contributed by atoms with van der Waals surface area (Å²) in [5.74, 6) is -2.59. The van der Waals surface area contributed by atoms with Crippen LogP contribution in [0.2, 0.25) is 0 Å². The van der Waals surface area contributed by atoms with Crippen LogP contribution < -0.4 is 10.1 Å². The highest BCUT2D eigenvalue weighted by molar-refractivity contribution is 5.98. The molecular formula is C21H18F2N2O4. The molecule has 2 aromatic carbocycles. The summed E-state index contributed by atoms with van der Waals surface area (Å²) in [4.78, 5) is 24.0. The maximum absolute atomic E-state index is 13.7. The third kappa shape index (κ3) is 6.14. The second-order valence-corrected chi connectivity index (χ2v) is 5.97. The largest absolute Gasteiger partial charge is 0.497 e. The Morgan fingerprint density at radius 2 is 1.90 bits per heavy atom.